The minimum Gasteiger partial charge on any atom is -0.377 e. The molecule has 2 aliphatic rings. The summed E-state index contributed by atoms with van der Waals surface area (Å²) in [5.41, 5.74) is 0.940. The molecule has 0 N–H and O–H groups in total. The Morgan fingerprint density at radius 2 is 2.00 bits per heavy atom. The fourth-order valence-corrected chi connectivity index (χ4v) is 3.84. The number of carbonyl (C=O) groups is 1. The molecule has 0 aliphatic carbocycles. The lowest BCUT2D eigenvalue weighted by atomic mass is 9.93. The van der Waals surface area contributed by atoms with E-state index in [2.05, 4.69) is 26.7 Å². The van der Waals surface area contributed by atoms with Crippen LogP contribution < -0.4 is 4.90 Å². The van der Waals surface area contributed by atoms with Crippen LogP contribution in [0.15, 0.2) is 6.07 Å². The summed E-state index contributed by atoms with van der Waals surface area (Å²) in [6.45, 7) is 8.21. The van der Waals surface area contributed by atoms with Crippen molar-refractivity contribution in [3.63, 3.8) is 0 Å². The van der Waals surface area contributed by atoms with Gasteiger partial charge in [0, 0.05) is 45.0 Å². The summed E-state index contributed by atoms with van der Waals surface area (Å²) in [6.07, 6.45) is 4.28. The van der Waals surface area contributed by atoms with E-state index in [1.807, 2.05) is 13.0 Å². The van der Waals surface area contributed by atoms with E-state index in [9.17, 15) is 4.79 Å². The van der Waals surface area contributed by atoms with Crippen molar-refractivity contribution in [3.8, 4) is 0 Å². The van der Waals surface area contributed by atoms with E-state index in [1.54, 1.807) is 7.11 Å². The van der Waals surface area contributed by atoms with Gasteiger partial charge in [0.25, 0.3) is 0 Å². The van der Waals surface area contributed by atoms with Gasteiger partial charge in [0.1, 0.15) is 12.4 Å². The van der Waals surface area contributed by atoms with E-state index < -0.39 is 0 Å². The molecule has 1 aromatic rings. The van der Waals surface area contributed by atoms with E-state index in [1.165, 1.54) is 0 Å². The molecule has 6 nitrogen and oxygen atoms in total. The molecule has 6 heteroatoms. The number of hydrogen-bond acceptors (Lipinski definition) is 5. The van der Waals surface area contributed by atoms with Gasteiger partial charge in [-0.05, 0) is 38.5 Å². The second-order valence-corrected chi connectivity index (χ2v) is 7.51. The summed E-state index contributed by atoms with van der Waals surface area (Å²) in [5.74, 6) is 2.79. The van der Waals surface area contributed by atoms with Gasteiger partial charge in [0.15, 0.2) is 5.82 Å². The summed E-state index contributed by atoms with van der Waals surface area (Å²) in [7, 11) is 1.65. The third kappa shape index (κ3) is 4.48. The van der Waals surface area contributed by atoms with Crippen molar-refractivity contribution in [2.24, 2.45) is 11.8 Å². The van der Waals surface area contributed by atoms with Crippen LogP contribution in [-0.4, -0.2) is 54.1 Å². The van der Waals surface area contributed by atoms with Crippen LogP contribution in [0.3, 0.4) is 0 Å². The Bertz CT molecular complexity index is 599. The molecule has 0 aromatic carbocycles. The number of aromatic nitrogens is 2. The number of carbonyl (C=O) groups excluding carboxylic acids is 1. The molecule has 3 rings (SSSR count). The Labute approximate surface area is 150 Å². The minimum atomic E-state index is 0.0864. The fraction of sp³-hybridized carbons (Fsp3) is 0.737. The van der Waals surface area contributed by atoms with Crippen LogP contribution in [-0.2, 0) is 16.1 Å². The Kier molecular flexibility index (Phi) is 5.89. The molecule has 2 fully saturated rings. The average Bonchev–Trinajstić information content (AvgIpc) is 2.62. The van der Waals surface area contributed by atoms with Gasteiger partial charge in [0.05, 0.1) is 5.92 Å². The highest BCUT2D eigenvalue weighted by Gasteiger charge is 2.31. The number of piperidine rings is 2. The molecular formula is C19H30N4O2. The van der Waals surface area contributed by atoms with Gasteiger partial charge in [-0.25, -0.2) is 9.97 Å². The molecule has 1 aromatic heterocycles. The molecule has 0 radical (unpaired) electrons. The number of anilines is 1. The van der Waals surface area contributed by atoms with Crippen molar-refractivity contribution in [2.45, 2.75) is 46.1 Å². The van der Waals surface area contributed by atoms with Crippen LogP contribution in [0.2, 0.25) is 0 Å². The second-order valence-electron chi connectivity index (χ2n) is 7.51. The van der Waals surface area contributed by atoms with Crippen molar-refractivity contribution in [1.82, 2.24) is 14.9 Å². The topological polar surface area (TPSA) is 58.6 Å². The monoisotopic (exact) mass is 346 g/mol. The van der Waals surface area contributed by atoms with Crippen molar-refractivity contribution in [3.05, 3.63) is 17.6 Å². The van der Waals surface area contributed by atoms with Gasteiger partial charge in [-0.15, -0.1) is 0 Å². The first-order chi connectivity index (χ1) is 12.1. The van der Waals surface area contributed by atoms with Crippen molar-refractivity contribution < 1.29 is 9.53 Å². The summed E-state index contributed by atoms with van der Waals surface area (Å²) in [5, 5.41) is 0. The van der Waals surface area contributed by atoms with Gasteiger partial charge in [0.2, 0.25) is 5.91 Å². The highest BCUT2D eigenvalue weighted by Crippen LogP contribution is 2.26. The van der Waals surface area contributed by atoms with Gasteiger partial charge in [-0.2, -0.15) is 0 Å². The van der Waals surface area contributed by atoms with E-state index in [4.69, 9.17) is 4.74 Å². The summed E-state index contributed by atoms with van der Waals surface area (Å²) in [6, 6.07) is 2.01. The van der Waals surface area contributed by atoms with Crippen LogP contribution in [0.1, 0.15) is 44.1 Å². The highest BCUT2D eigenvalue weighted by molar-refractivity contribution is 5.79. The molecule has 1 unspecified atom stereocenters. The van der Waals surface area contributed by atoms with Crippen molar-refractivity contribution in [2.75, 3.05) is 38.2 Å². The van der Waals surface area contributed by atoms with Gasteiger partial charge < -0.3 is 14.5 Å². The first-order valence-electron chi connectivity index (χ1n) is 9.44. The van der Waals surface area contributed by atoms with Crippen molar-refractivity contribution >= 4 is 11.7 Å². The normalized spacial score (nSPS) is 22.3. The lowest BCUT2D eigenvalue weighted by Crippen LogP contribution is -2.47. The third-order valence-corrected chi connectivity index (χ3v) is 5.35. The Hall–Kier alpha value is -1.69. The van der Waals surface area contributed by atoms with E-state index >= 15 is 0 Å². The molecular weight excluding hydrogens is 316 g/mol. The quantitative estimate of drug-likeness (QED) is 0.838. The smallest absolute Gasteiger partial charge is 0.227 e. The first kappa shape index (κ1) is 18.1. The van der Waals surface area contributed by atoms with Gasteiger partial charge in [-0.3, -0.25) is 4.79 Å². The Balaban J connectivity index is 1.67. The molecule has 0 spiro atoms. The fourth-order valence-electron chi connectivity index (χ4n) is 3.84. The van der Waals surface area contributed by atoms with E-state index in [0.717, 1.165) is 69.3 Å². The molecule has 138 valence electrons. The van der Waals surface area contributed by atoms with Crippen LogP contribution in [0.5, 0.6) is 0 Å². The molecule has 2 saturated heterocycles. The number of likely N-dealkylation sites (tertiary alicyclic amines) is 1. The van der Waals surface area contributed by atoms with Crippen LogP contribution in [0, 0.1) is 18.8 Å². The maximum Gasteiger partial charge on any atom is 0.227 e. The molecule has 25 heavy (non-hydrogen) atoms. The number of amides is 1. The number of hydrogen-bond donors (Lipinski definition) is 0. The number of ether oxygens (including phenoxy) is 1. The molecule has 1 atom stereocenters. The first-order valence-corrected chi connectivity index (χ1v) is 9.44. The molecule has 0 bridgehead atoms. The van der Waals surface area contributed by atoms with Gasteiger partial charge in [-0.1, -0.05) is 6.92 Å². The lowest BCUT2D eigenvalue weighted by molar-refractivity contribution is -0.137. The standard InChI is InChI=1S/C19H30N4O2/c1-14-6-9-22(10-7-14)19(24)16-5-4-8-23(12-16)18-11-15(2)20-17(21-18)13-25-3/h11,14,16H,4-10,12-13H2,1-3H3. The maximum absolute atomic E-state index is 12.9. The van der Waals surface area contributed by atoms with E-state index in [0.29, 0.717) is 18.3 Å². The van der Waals surface area contributed by atoms with Crippen LogP contribution in [0.4, 0.5) is 5.82 Å². The SMILES string of the molecule is COCc1nc(C)cc(N2CCCC(C(=O)N3CCC(C)CC3)C2)n1. The molecule has 0 saturated carbocycles. The number of methoxy groups -OCH3 is 1. The highest BCUT2D eigenvalue weighted by atomic mass is 16.5. The summed E-state index contributed by atoms with van der Waals surface area (Å²) >= 11 is 0. The zero-order valence-corrected chi connectivity index (χ0v) is 15.7. The van der Waals surface area contributed by atoms with Crippen LogP contribution in [0.25, 0.3) is 0 Å². The lowest BCUT2D eigenvalue weighted by Gasteiger charge is -2.37. The Morgan fingerprint density at radius 1 is 1.24 bits per heavy atom. The minimum absolute atomic E-state index is 0.0864. The van der Waals surface area contributed by atoms with Crippen molar-refractivity contribution in [1.29, 1.82) is 0 Å². The second kappa shape index (κ2) is 8.13. The Morgan fingerprint density at radius 3 is 2.72 bits per heavy atom. The largest absolute Gasteiger partial charge is 0.377 e. The molecule has 1 amide bonds. The predicted octanol–water partition coefficient (Wildman–Crippen LogP) is 2.41. The summed E-state index contributed by atoms with van der Waals surface area (Å²) in [4.78, 5) is 26.3. The summed E-state index contributed by atoms with van der Waals surface area (Å²) < 4.78 is 5.17. The number of aryl methyl sites for hydroxylation is 1. The number of nitrogens with zero attached hydrogens (tertiary/aromatic N) is 4. The average molecular weight is 346 g/mol. The third-order valence-electron chi connectivity index (χ3n) is 5.35. The number of rotatable bonds is 4. The maximum atomic E-state index is 12.9. The zero-order chi connectivity index (χ0) is 17.8. The zero-order valence-electron chi connectivity index (χ0n) is 15.7. The van der Waals surface area contributed by atoms with E-state index in [-0.39, 0.29) is 5.92 Å². The molecule has 3 heterocycles. The predicted molar refractivity (Wildman–Crippen MR) is 97.4 cm³/mol. The molecule has 2 aliphatic heterocycles. The van der Waals surface area contributed by atoms with Crippen LogP contribution >= 0.6 is 0 Å². The van der Waals surface area contributed by atoms with Gasteiger partial charge >= 0.3 is 0 Å².